The van der Waals surface area contributed by atoms with Crippen molar-refractivity contribution >= 4 is 27.3 Å². The molecule has 4 nitrogen and oxygen atoms in total. The lowest BCUT2D eigenvalue weighted by atomic mass is 9.91. The van der Waals surface area contributed by atoms with Crippen molar-refractivity contribution in [2.24, 2.45) is 0 Å². The van der Waals surface area contributed by atoms with Crippen molar-refractivity contribution in [2.45, 2.75) is 42.7 Å². The Hall–Kier alpha value is -1.56. The molecule has 0 aliphatic heterocycles. The molecule has 0 aromatic heterocycles. The lowest BCUT2D eigenvalue weighted by Gasteiger charge is -2.33. The van der Waals surface area contributed by atoms with E-state index in [2.05, 4.69) is 10.0 Å². The summed E-state index contributed by atoms with van der Waals surface area (Å²) in [6, 6.07) is 16.1. The van der Waals surface area contributed by atoms with Crippen molar-refractivity contribution in [1.29, 1.82) is 0 Å². The van der Waals surface area contributed by atoms with Gasteiger partial charge in [0.05, 0.1) is 4.90 Å². The van der Waals surface area contributed by atoms with Crippen molar-refractivity contribution in [3.63, 3.8) is 0 Å². The summed E-state index contributed by atoms with van der Waals surface area (Å²) in [5, 5.41) is 3.99. The van der Waals surface area contributed by atoms with Gasteiger partial charge in [0.25, 0.3) is 0 Å². The second-order valence-corrected chi connectivity index (χ2v) is 8.23. The molecule has 2 aromatic carbocycles. The third-order valence-corrected chi connectivity index (χ3v) is 6.08. The van der Waals surface area contributed by atoms with Gasteiger partial charge in [-0.1, -0.05) is 42.6 Å². The van der Waals surface area contributed by atoms with E-state index in [1.165, 1.54) is 12.1 Å². The molecule has 6 heteroatoms. The Balaban J connectivity index is 1.74. The fraction of sp³-hybridized carbons (Fsp3) is 0.333. The smallest absolute Gasteiger partial charge is 0.240 e. The van der Waals surface area contributed by atoms with Gasteiger partial charge in [-0.15, -0.1) is 0 Å². The highest BCUT2D eigenvalue weighted by Crippen LogP contribution is 2.24. The summed E-state index contributed by atoms with van der Waals surface area (Å²) >= 11 is 5.84. The topological polar surface area (TPSA) is 58.2 Å². The van der Waals surface area contributed by atoms with Crippen LogP contribution in [0.4, 0.5) is 5.69 Å². The molecule has 128 valence electrons. The van der Waals surface area contributed by atoms with Gasteiger partial charge in [-0.3, -0.25) is 0 Å². The highest BCUT2D eigenvalue weighted by atomic mass is 35.5. The van der Waals surface area contributed by atoms with Crippen LogP contribution in [0.15, 0.2) is 59.5 Å². The monoisotopic (exact) mass is 364 g/mol. The van der Waals surface area contributed by atoms with E-state index in [0.717, 1.165) is 31.4 Å². The van der Waals surface area contributed by atoms with Crippen LogP contribution in [0.25, 0.3) is 0 Å². The summed E-state index contributed by atoms with van der Waals surface area (Å²) in [6.45, 7) is 0. The average molecular weight is 365 g/mol. The minimum Gasteiger partial charge on any atom is -0.381 e. The second kappa shape index (κ2) is 7.55. The number of rotatable bonds is 5. The Labute approximate surface area is 148 Å². The summed E-state index contributed by atoms with van der Waals surface area (Å²) in [5.74, 6) is 0. The predicted molar refractivity (Wildman–Crippen MR) is 97.9 cm³/mol. The van der Waals surface area contributed by atoms with E-state index < -0.39 is 10.0 Å². The number of hydrogen-bond donors (Lipinski definition) is 2. The first-order valence-electron chi connectivity index (χ1n) is 8.14. The molecular weight excluding hydrogens is 344 g/mol. The molecule has 0 heterocycles. The number of sulfonamides is 1. The van der Waals surface area contributed by atoms with Gasteiger partial charge < -0.3 is 5.32 Å². The van der Waals surface area contributed by atoms with Crippen molar-refractivity contribution in [2.75, 3.05) is 5.32 Å². The molecule has 0 radical (unpaired) electrons. The fourth-order valence-corrected chi connectivity index (χ4v) is 4.51. The fourth-order valence-electron chi connectivity index (χ4n) is 3.07. The molecule has 1 aliphatic carbocycles. The maximum atomic E-state index is 12.6. The third kappa shape index (κ3) is 4.29. The zero-order valence-corrected chi connectivity index (χ0v) is 14.9. The minimum absolute atomic E-state index is 0.0863. The first-order chi connectivity index (χ1) is 11.5. The molecule has 1 aliphatic rings. The van der Waals surface area contributed by atoms with E-state index >= 15 is 0 Å². The first-order valence-corrected chi connectivity index (χ1v) is 10.0. The van der Waals surface area contributed by atoms with E-state index in [4.69, 9.17) is 11.6 Å². The van der Waals surface area contributed by atoms with Gasteiger partial charge in [0.15, 0.2) is 0 Å². The number of para-hydroxylation sites is 1. The SMILES string of the molecule is O=S(=O)(N[C@H]1CCCC[C@@H]1Nc1ccccc1)c1ccc(Cl)cc1. The largest absolute Gasteiger partial charge is 0.381 e. The number of benzene rings is 2. The summed E-state index contributed by atoms with van der Waals surface area (Å²) in [4.78, 5) is 0.246. The molecule has 1 saturated carbocycles. The molecule has 0 saturated heterocycles. The summed E-state index contributed by atoms with van der Waals surface area (Å²) in [7, 11) is -3.55. The van der Waals surface area contributed by atoms with E-state index in [1.54, 1.807) is 12.1 Å². The van der Waals surface area contributed by atoms with Crippen molar-refractivity contribution in [3.05, 3.63) is 59.6 Å². The van der Waals surface area contributed by atoms with Crippen LogP contribution in [0.1, 0.15) is 25.7 Å². The third-order valence-electron chi connectivity index (χ3n) is 4.32. The quantitative estimate of drug-likeness (QED) is 0.841. The Morgan fingerprint density at radius 2 is 1.50 bits per heavy atom. The predicted octanol–water partition coefficient (Wildman–Crippen LogP) is 4.04. The molecular formula is C18H21ClN2O2S. The van der Waals surface area contributed by atoms with Crippen LogP contribution in [0.3, 0.4) is 0 Å². The minimum atomic E-state index is -3.55. The summed E-state index contributed by atoms with van der Waals surface area (Å²) in [6.07, 6.45) is 3.91. The number of hydrogen-bond acceptors (Lipinski definition) is 3. The molecule has 1 fully saturated rings. The highest BCUT2D eigenvalue weighted by Gasteiger charge is 2.29. The Kier molecular flexibility index (Phi) is 5.43. The molecule has 2 aromatic rings. The molecule has 0 amide bonds. The van der Waals surface area contributed by atoms with Gasteiger partial charge in [0.1, 0.15) is 0 Å². The summed E-state index contributed by atoms with van der Waals surface area (Å²) in [5.41, 5.74) is 1.01. The van der Waals surface area contributed by atoms with E-state index in [0.29, 0.717) is 5.02 Å². The zero-order valence-electron chi connectivity index (χ0n) is 13.3. The number of nitrogens with one attached hydrogen (secondary N) is 2. The Bertz CT molecular complexity index is 763. The van der Waals surface area contributed by atoms with Crippen LogP contribution < -0.4 is 10.0 Å². The molecule has 2 N–H and O–H groups in total. The van der Waals surface area contributed by atoms with Crippen LogP contribution in [-0.2, 0) is 10.0 Å². The van der Waals surface area contributed by atoms with Crippen molar-refractivity contribution < 1.29 is 8.42 Å². The molecule has 0 bridgehead atoms. The average Bonchev–Trinajstić information content (AvgIpc) is 2.58. The van der Waals surface area contributed by atoms with Crippen LogP contribution in [0.2, 0.25) is 5.02 Å². The van der Waals surface area contributed by atoms with Gasteiger partial charge >= 0.3 is 0 Å². The molecule has 24 heavy (non-hydrogen) atoms. The highest BCUT2D eigenvalue weighted by molar-refractivity contribution is 7.89. The van der Waals surface area contributed by atoms with Crippen molar-refractivity contribution in [1.82, 2.24) is 4.72 Å². The van der Waals surface area contributed by atoms with Gasteiger partial charge in [0, 0.05) is 22.8 Å². The van der Waals surface area contributed by atoms with E-state index in [9.17, 15) is 8.42 Å². The van der Waals surface area contributed by atoms with Gasteiger partial charge in [-0.25, -0.2) is 13.1 Å². The first kappa shape index (κ1) is 17.3. The summed E-state index contributed by atoms with van der Waals surface area (Å²) < 4.78 is 28.1. The van der Waals surface area contributed by atoms with Crippen LogP contribution >= 0.6 is 11.6 Å². The van der Waals surface area contributed by atoms with Gasteiger partial charge in [-0.05, 0) is 49.2 Å². The Morgan fingerprint density at radius 1 is 0.875 bits per heavy atom. The van der Waals surface area contributed by atoms with Gasteiger partial charge in [0.2, 0.25) is 10.0 Å². The van der Waals surface area contributed by atoms with Crippen molar-refractivity contribution in [3.8, 4) is 0 Å². The normalized spacial score (nSPS) is 21.4. The lowest BCUT2D eigenvalue weighted by molar-refractivity contribution is 0.378. The maximum absolute atomic E-state index is 12.6. The molecule has 0 unspecified atom stereocenters. The standard InChI is InChI=1S/C18H21ClN2O2S/c19-14-10-12-16(13-11-14)24(22,23)21-18-9-5-4-8-17(18)20-15-6-2-1-3-7-15/h1-3,6-7,10-13,17-18,20-21H,4-5,8-9H2/t17-,18-/m0/s1. The van der Waals surface area contributed by atoms with E-state index in [1.807, 2.05) is 30.3 Å². The maximum Gasteiger partial charge on any atom is 0.240 e. The Morgan fingerprint density at radius 3 is 2.17 bits per heavy atom. The van der Waals surface area contributed by atoms with Crippen LogP contribution in [-0.4, -0.2) is 20.5 Å². The molecule has 0 spiro atoms. The second-order valence-electron chi connectivity index (χ2n) is 6.08. The zero-order chi connectivity index (χ0) is 17.0. The van der Waals surface area contributed by atoms with E-state index in [-0.39, 0.29) is 17.0 Å². The van der Waals surface area contributed by atoms with Gasteiger partial charge in [-0.2, -0.15) is 0 Å². The van der Waals surface area contributed by atoms with Crippen LogP contribution in [0, 0.1) is 0 Å². The number of anilines is 1. The molecule has 3 rings (SSSR count). The van der Waals surface area contributed by atoms with Crippen LogP contribution in [0.5, 0.6) is 0 Å². The molecule has 2 atom stereocenters. The lowest BCUT2D eigenvalue weighted by Crippen LogP contribution is -2.48. The number of halogens is 1.